The number of Topliss-reactive ketones (excluding diaryl/α,β-unsaturated/α-hetero) is 2. The maximum atomic E-state index is 12.4. The van der Waals surface area contributed by atoms with E-state index in [0.29, 0.717) is 35.9 Å². The quantitative estimate of drug-likeness (QED) is 0.0493. The Morgan fingerprint density at radius 2 is 0.964 bits per heavy atom. The minimum atomic E-state index is -0.504. The predicted molar refractivity (Wildman–Crippen MR) is 324 cm³/mol. The van der Waals surface area contributed by atoms with E-state index in [2.05, 4.69) is 90.3 Å². The largest absolute Gasteiger partial charge is 0.523 e. The zero-order valence-corrected chi connectivity index (χ0v) is 49.3. The van der Waals surface area contributed by atoms with Gasteiger partial charge in [0.2, 0.25) is 11.4 Å². The second-order valence-electron chi connectivity index (χ2n) is 27.0. The van der Waals surface area contributed by atoms with Crippen LogP contribution >= 0.6 is 0 Å². The molecule has 5 aromatic heterocycles. The average molecular weight is 1140 g/mol. The van der Waals surface area contributed by atoms with Crippen LogP contribution in [-0.2, 0) is 97.0 Å². The van der Waals surface area contributed by atoms with Crippen molar-refractivity contribution in [3.63, 3.8) is 0 Å². The van der Waals surface area contributed by atoms with Crippen molar-refractivity contribution >= 4 is 11.6 Å². The fraction of sp³-hybridized carbons (Fsp3) is 0.615. The molecule has 0 aliphatic heterocycles. The highest BCUT2D eigenvalue weighted by Crippen LogP contribution is 2.61. The summed E-state index contributed by atoms with van der Waals surface area (Å²) in [6.45, 7) is 39.9. The van der Waals surface area contributed by atoms with Crippen LogP contribution in [0.25, 0.3) is 9.69 Å². The van der Waals surface area contributed by atoms with Gasteiger partial charge in [-0.3, -0.25) is 23.5 Å². The Morgan fingerprint density at radius 3 is 1.41 bits per heavy atom. The summed E-state index contributed by atoms with van der Waals surface area (Å²) >= 11 is 0. The topological polar surface area (TPSA) is 213 Å². The standard InChI is InChI=1S/2C15H19N3O.C15H17N3O.C15H20N2O2.CH5NO.4CH4/c1-14(2)11-5-9-8-18(4)17-12(9)15(11,3)6-10-7-16-19-13(10)14;2*1-14(2)11-6-9-8-18(5)17-12(9)15(11,3)7-10(16-4)13(14)19;1-14(2)11-5-9-7-17(4)16-12(9)15(11,3)6-10(8-18)13(14)19;1-2-3;;;;/h7-8,11H,5-6H2,1-4H3;8,11,19H,6-7H2,1-3,5H3;7-8,11H,6H2,1-3,5H3;7-8,11,18H,5-6H2,1-4H3;2-3H,1H3;4*1H4/b;;;10-8-;;;;;/t4*11-,15-;;;;;/m0000...../s1. The molecular weight excluding hydrogens is 1040 g/mol. The SMILES string of the molecule is C.C.C.C.CNO.Cn1cc2c(n1)[C@@]1(C)C/C(=C/O)C(=O)C(C)(C)[C@@H]1C2.Cn1cc2c(n1)[C@@]1(C)Cc3cnoc3C(C)(C)[C@@H]1C2.[C-]#[N+]C1=C(O)C(C)(C)[C@@H]2Cc3cn(C)nc3[C@@]2(C)C1.[C-]#[N+]C1=C[C@]2(C)c3nn(C)cc3C[C@H]2C(C)(C)C1=O. The summed E-state index contributed by atoms with van der Waals surface area (Å²) in [5, 5.41) is 49.6. The van der Waals surface area contributed by atoms with Crippen molar-refractivity contribution in [1.82, 2.24) is 49.8 Å². The normalized spacial score (nSPS) is 29.6. The molecule has 83 heavy (non-hydrogen) atoms. The van der Waals surface area contributed by atoms with E-state index < -0.39 is 10.8 Å². The van der Waals surface area contributed by atoms with Gasteiger partial charge in [0, 0.05) is 114 Å². The van der Waals surface area contributed by atoms with Gasteiger partial charge in [-0.25, -0.2) is 15.2 Å². The molecule has 8 aliphatic carbocycles. The van der Waals surface area contributed by atoms with Gasteiger partial charge in [0.1, 0.15) is 11.5 Å². The van der Waals surface area contributed by atoms with Crippen LogP contribution in [0.5, 0.6) is 0 Å². The van der Waals surface area contributed by atoms with Crippen LogP contribution in [0.2, 0.25) is 0 Å². The number of carbonyl (C=O) groups excluding carboxylic acids is 2. The molecule has 4 N–H and O–H groups in total. The third-order valence-electron chi connectivity index (χ3n) is 20.3. The maximum absolute atomic E-state index is 12.4. The molecular formula is C65H96N12O6. The Hall–Kier alpha value is -6.89. The van der Waals surface area contributed by atoms with Gasteiger partial charge in [0.25, 0.3) is 0 Å². The molecule has 8 aliphatic rings. The van der Waals surface area contributed by atoms with Crippen LogP contribution in [0, 0.1) is 53.1 Å². The number of carbonyl (C=O) groups is 2. The lowest BCUT2D eigenvalue weighted by atomic mass is 9.55. The third kappa shape index (κ3) is 9.93. The Bertz CT molecular complexity index is 3490. The van der Waals surface area contributed by atoms with Gasteiger partial charge in [-0.2, -0.15) is 20.4 Å². The Balaban J connectivity index is 0.000000196. The van der Waals surface area contributed by atoms with E-state index in [0.717, 1.165) is 61.2 Å². The highest BCUT2D eigenvalue weighted by molar-refractivity contribution is 6.03. The monoisotopic (exact) mass is 1140 g/mol. The molecule has 1 saturated carbocycles. The number of aryl methyl sites for hydroxylation is 4. The number of fused-ring (bicyclic) bond motifs is 13. The van der Waals surface area contributed by atoms with E-state index in [1.54, 1.807) is 5.48 Å². The number of nitrogens with one attached hydrogen (secondary N) is 1. The first-order valence-electron chi connectivity index (χ1n) is 27.5. The van der Waals surface area contributed by atoms with E-state index in [1.807, 2.05) is 107 Å². The molecule has 5 aromatic rings. The molecule has 0 bridgehead atoms. The van der Waals surface area contributed by atoms with Gasteiger partial charge in [-0.1, -0.05) is 124 Å². The van der Waals surface area contributed by atoms with Gasteiger partial charge < -0.3 is 24.7 Å². The van der Waals surface area contributed by atoms with E-state index in [9.17, 15) is 19.8 Å². The van der Waals surface area contributed by atoms with E-state index in [4.69, 9.17) is 28.0 Å². The van der Waals surface area contributed by atoms with Crippen LogP contribution in [0.3, 0.4) is 0 Å². The minimum Gasteiger partial charge on any atom is -0.523 e. The minimum absolute atomic E-state index is 0. The van der Waals surface area contributed by atoms with Gasteiger partial charge in [-0.15, -0.1) is 0 Å². The number of nitrogens with zero attached hydrogens (tertiary/aromatic N) is 11. The number of aliphatic hydroxyl groups excluding tert-OH is 2. The van der Waals surface area contributed by atoms with Crippen molar-refractivity contribution in [1.29, 1.82) is 0 Å². The molecule has 0 aromatic carbocycles. The van der Waals surface area contributed by atoms with Crippen LogP contribution in [0.15, 0.2) is 70.6 Å². The molecule has 18 nitrogen and oxygen atoms in total. The Labute approximate surface area is 494 Å². The lowest BCUT2D eigenvalue weighted by Gasteiger charge is -2.46. The second kappa shape index (κ2) is 22.3. The van der Waals surface area contributed by atoms with Crippen molar-refractivity contribution in [2.75, 3.05) is 7.05 Å². The second-order valence-corrected chi connectivity index (χ2v) is 27.0. The number of hydrogen-bond acceptors (Lipinski definition) is 12. The number of hydrogen-bond donors (Lipinski definition) is 4. The van der Waals surface area contributed by atoms with Crippen LogP contribution in [-0.4, -0.2) is 78.3 Å². The summed E-state index contributed by atoms with van der Waals surface area (Å²) in [7, 11) is 9.22. The lowest BCUT2D eigenvalue weighted by molar-refractivity contribution is -0.130. The molecule has 5 heterocycles. The maximum Gasteiger partial charge on any atom is 0.226 e. The number of hydroxylamine groups is 1. The molecule has 0 spiro atoms. The van der Waals surface area contributed by atoms with Crippen LogP contribution in [0.4, 0.5) is 0 Å². The first-order chi connectivity index (χ1) is 36.7. The number of ketones is 2. The summed E-state index contributed by atoms with van der Waals surface area (Å²) in [5.41, 5.74) is 12.2. The first kappa shape index (κ1) is 66.9. The molecule has 452 valence electrons. The number of allylic oxidation sites excluding steroid dienone is 5. The fourth-order valence-electron chi connectivity index (χ4n) is 16.6. The van der Waals surface area contributed by atoms with Gasteiger partial charge in [0.15, 0.2) is 11.6 Å². The zero-order valence-electron chi connectivity index (χ0n) is 49.3. The number of aromatic nitrogens is 9. The van der Waals surface area contributed by atoms with Gasteiger partial charge >= 0.3 is 0 Å². The van der Waals surface area contributed by atoms with Crippen LogP contribution in [0.1, 0.15) is 182 Å². The molecule has 1 fully saturated rings. The molecule has 18 heteroatoms. The third-order valence-corrected chi connectivity index (χ3v) is 20.3. The predicted octanol–water partition coefficient (Wildman–Crippen LogP) is 12.0. The Kier molecular flexibility index (Phi) is 17.9. The van der Waals surface area contributed by atoms with E-state index >= 15 is 0 Å². The van der Waals surface area contributed by atoms with E-state index in [-0.39, 0.29) is 97.1 Å². The van der Waals surface area contributed by atoms with Crippen molar-refractivity contribution in [3.05, 3.63) is 145 Å². The summed E-state index contributed by atoms with van der Waals surface area (Å²) in [5.74, 6) is 2.70. The summed E-state index contributed by atoms with van der Waals surface area (Å²) in [6.07, 6.45) is 19.0. The molecule has 13 rings (SSSR count). The summed E-state index contributed by atoms with van der Waals surface area (Å²) in [6, 6.07) is 0. The molecule has 0 amide bonds. The first-order valence-corrected chi connectivity index (χ1v) is 27.5. The van der Waals surface area contributed by atoms with E-state index in [1.165, 1.54) is 40.6 Å². The highest BCUT2D eigenvalue weighted by Gasteiger charge is 2.61. The number of aliphatic hydroxyl groups is 2. The van der Waals surface area contributed by atoms with Crippen molar-refractivity contribution < 1.29 is 29.5 Å². The summed E-state index contributed by atoms with van der Waals surface area (Å²) < 4.78 is 13.0. The highest BCUT2D eigenvalue weighted by atomic mass is 16.5. The van der Waals surface area contributed by atoms with Gasteiger partial charge in [0.05, 0.1) is 48.4 Å². The fourth-order valence-corrected chi connectivity index (χ4v) is 16.6. The van der Waals surface area contributed by atoms with Crippen LogP contribution < -0.4 is 5.48 Å². The molecule has 0 radical (unpaired) electrons. The Morgan fingerprint density at radius 1 is 0.578 bits per heavy atom. The van der Waals surface area contributed by atoms with Crippen molar-refractivity contribution in [3.8, 4) is 0 Å². The smallest absolute Gasteiger partial charge is 0.226 e. The number of rotatable bonds is 0. The lowest BCUT2D eigenvalue weighted by Crippen LogP contribution is -2.49. The van der Waals surface area contributed by atoms with Crippen molar-refractivity contribution in [2.24, 2.45) is 68.1 Å². The summed E-state index contributed by atoms with van der Waals surface area (Å²) in [4.78, 5) is 31.8. The average Bonchev–Trinajstić information content (AvgIpc) is 2.13. The zero-order chi connectivity index (χ0) is 58.1. The van der Waals surface area contributed by atoms with Crippen molar-refractivity contribution in [2.45, 2.75) is 185 Å². The molecule has 0 saturated heterocycles. The van der Waals surface area contributed by atoms with Gasteiger partial charge in [-0.05, 0) is 90.9 Å². The molecule has 0 unspecified atom stereocenters. The molecule has 8 atom stereocenters.